The van der Waals surface area contributed by atoms with Gasteiger partial charge in [0.2, 0.25) is 5.28 Å². The number of nitriles is 1. The van der Waals surface area contributed by atoms with Gasteiger partial charge in [0.1, 0.15) is 6.07 Å². The van der Waals surface area contributed by atoms with Gasteiger partial charge in [-0.15, -0.1) is 5.10 Å². The van der Waals surface area contributed by atoms with Crippen LogP contribution in [0.2, 0.25) is 10.3 Å². The zero-order valence-electron chi connectivity index (χ0n) is 15.7. The Morgan fingerprint density at radius 1 is 1.27 bits per heavy atom. The van der Waals surface area contributed by atoms with Crippen LogP contribution in [-0.2, 0) is 9.84 Å². The summed E-state index contributed by atoms with van der Waals surface area (Å²) < 4.78 is 24.9. The van der Waals surface area contributed by atoms with Gasteiger partial charge in [-0.05, 0) is 48.9 Å². The minimum Gasteiger partial charge on any atom is -0.342 e. The van der Waals surface area contributed by atoms with Gasteiger partial charge >= 0.3 is 0 Å². The lowest BCUT2D eigenvalue weighted by Crippen LogP contribution is -2.29. The van der Waals surface area contributed by atoms with Crippen LogP contribution < -0.4 is 5.32 Å². The number of aromatic nitrogens is 4. The van der Waals surface area contributed by atoms with E-state index in [0.717, 1.165) is 6.26 Å². The van der Waals surface area contributed by atoms with E-state index in [2.05, 4.69) is 20.4 Å². The molecule has 3 rings (SSSR count). The van der Waals surface area contributed by atoms with E-state index < -0.39 is 21.8 Å². The smallest absolute Gasteiger partial charge is 0.251 e. The van der Waals surface area contributed by atoms with Crippen LogP contribution in [0.15, 0.2) is 41.4 Å². The van der Waals surface area contributed by atoms with E-state index in [9.17, 15) is 13.2 Å². The Morgan fingerprint density at radius 2 is 2.00 bits per heavy atom. The lowest BCUT2D eigenvalue weighted by Gasteiger charge is -2.15. The van der Waals surface area contributed by atoms with Crippen LogP contribution >= 0.6 is 23.2 Å². The third-order valence-corrected chi connectivity index (χ3v) is 5.47. The molecule has 2 heterocycles. The minimum absolute atomic E-state index is 0.0561. The predicted molar refractivity (Wildman–Crippen MR) is 109 cm³/mol. The summed E-state index contributed by atoms with van der Waals surface area (Å²) in [6.45, 7) is 1.65. The van der Waals surface area contributed by atoms with Crippen molar-refractivity contribution >= 4 is 38.9 Å². The van der Waals surface area contributed by atoms with Crippen molar-refractivity contribution in [3.05, 3.63) is 63.8 Å². The summed E-state index contributed by atoms with van der Waals surface area (Å²) in [6, 6.07) is 8.29. The standard InChI is InChI=1S/C18H14Cl2N6O3S/c1-10(23-17(27)12-5-13(19)7-14(6-12)30(2,28)29)16-24-18(20)25-26(16)15-4-3-11(8-21)9-22-15/h3-7,9-10H,1-2H3,(H,23,27). The Kier molecular flexibility index (Phi) is 6.07. The summed E-state index contributed by atoms with van der Waals surface area (Å²) in [5.74, 6) is 0.0795. The van der Waals surface area contributed by atoms with E-state index in [1.54, 1.807) is 19.1 Å². The van der Waals surface area contributed by atoms with Crippen molar-refractivity contribution in [2.75, 3.05) is 6.26 Å². The Morgan fingerprint density at radius 3 is 2.60 bits per heavy atom. The molecule has 1 unspecified atom stereocenters. The first-order valence-corrected chi connectivity index (χ1v) is 11.0. The molecule has 1 amide bonds. The molecule has 0 aliphatic rings. The van der Waals surface area contributed by atoms with Crippen LogP contribution in [-0.4, -0.2) is 40.3 Å². The summed E-state index contributed by atoms with van der Waals surface area (Å²) in [5.41, 5.74) is 0.443. The van der Waals surface area contributed by atoms with Crippen molar-refractivity contribution in [3.63, 3.8) is 0 Å². The number of hydrogen-bond acceptors (Lipinski definition) is 7. The fourth-order valence-corrected chi connectivity index (χ4v) is 3.72. The highest BCUT2D eigenvalue weighted by Gasteiger charge is 2.21. The van der Waals surface area contributed by atoms with Crippen molar-refractivity contribution in [2.24, 2.45) is 0 Å². The van der Waals surface area contributed by atoms with Crippen LogP contribution in [0.3, 0.4) is 0 Å². The first kappa shape index (κ1) is 21.7. The predicted octanol–water partition coefficient (Wildman–Crippen LogP) is 2.74. The molecule has 0 radical (unpaired) electrons. The van der Waals surface area contributed by atoms with Crippen molar-refractivity contribution in [3.8, 4) is 11.9 Å². The minimum atomic E-state index is -3.55. The van der Waals surface area contributed by atoms with Gasteiger partial charge < -0.3 is 5.32 Å². The highest BCUT2D eigenvalue weighted by Crippen LogP contribution is 2.21. The lowest BCUT2D eigenvalue weighted by molar-refractivity contribution is 0.0937. The average molecular weight is 465 g/mol. The number of carbonyl (C=O) groups excluding carboxylic acids is 1. The molecule has 1 N–H and O–H groups in total. The molecule has 1 aromatic carbocycles. The normalized spacial score (nSPS) is 12.2. The van der Waals surface area contributed by atoms with Crippen LogP contribution in [0.25, 0.3) is 5.82 Å². The second-order valence-electron chi connectivity index (χ2n) is 6.31. The van der Waals surface area contributed by atoms with Gasteiger partial charge in [-0.3, -0.25) is 4.79 Å². The number of nitrogens with zero attached hydrogens (tertiary/aromatic N) is 5. The molecular formula is C18H14Cl2N6O3S. The Hall–Kier alpha value is -3.00. The fourth-order valence-electron chi connectivity index (χ4n) is 2.58. The van der Waals surface area contributed by atoms with Gasteiger partial charge in [-0.2, -0.15) is 14.9 Å². The zero-order chi connectivity index (χ0) is 22.1. The van der Waals surface area contributed by atoms with Gasteiger partial charge in [-0.25, -0.2) is 13.4 Å². The number of sulfone groups is 1. The maximum absolute atomic E-state index is 12.7. The highest BCUT2D eigenvalue weighted by atomic mass is 35.5. The van der Waals surface area contributed by atoms with E-state index in [0.29, 0.717) is 11.4 Å². The van der Waals surface area contributed by atoms with E-state index in [-0.39, 0.29) is 26.6 Å². The summed E-state index contributed by atoms with van der Waals surface area (Å²) in [6.07, 6.45) is 2.40. The number of hydrogen-bond donors (Lipinski definition) is 1. The molecule has 0 spiro atoms. The number of benzene rings is 1. The Bertz CT molecular complexity index is 1270. The number of rotatable bonds is 5. The quantitative estimate of drug-likeness (QED) is 0.613. The monoisotopic (exact) mass is 464 g/mol. The van der Waals surface area contributed by atoms with Gasteiger partial charge in [0.25, 0.3) is 5.91 Å². The van der Waals surface area contributed by atoms with Crippen LogP contribution in [0.4, 0.5) is 0 Å². The maximum Gasteiger partial charge on any atom is 0.251 e. The SMILES string of the molecule is CC(NC(=O)c1cc(Cl)cc(S(C)(=O)=O)c1)c1nc(Cl)nn1-c1ccc(C#N)cn1. The van der Waals surface area contributed by atoms with Gasteiger partial charge in [-0.1, -0.05) is 11.6 Å². The van der Waals surface area contributed by atoms with Crippen molar-refractivity contribution in [1.82, 2.24) is 25.1 Å². The van der Waals surface area contributed by atoms with Crippen LogP contribution in [0, 0.1) is 11.3 Å². The van der Waals surface area contributed by atoms with E-state index in [1.165, 1.54) is 29.1 Å². The van der Waals surface area contributed by atoms with Crippen LogP contribution in [0.1, 0.15) is 34.7 Å². The second kappa shape index (κ2) is 8.39. The molecule has 1 atom stereocenters. The molecule has 30 heavy (non-hydrogen) atoms. The fraction of sp³-hybridized carbons (Fsp3) is 0.167. The number of nitrogens with one attached hydrogen (secondary N) is 1. The second-order valence-corrected chi connectivity index (χ2v) is 9.10. The molecular weight excluding hydrogens is 451 g/mol. The number of pyridine rings is 1. The van der Waals surface area contributed by atoms with Gasteiger partial charge in [0, 0.05) is 23.0 Å². The van der Waals surface area contributed by atoms with Gasteiger partial charge in [0.05, 0.1) is 16.5 Å². The topological polar surface area (TPSA) is 131 Å². The number of carbonyl (C=O) groups is 1. The summed E-state index contributed by atoms with van der Waals surface area (Å²) in [4.78, 5) is 20.9. The molecule has 2 aromatic heterocycles. The highest BCUT2D eigenvalue weighted by molar-refractivity contribution is 7.90. The van der Waals surface area contributed by atoms with E-state index in [1.807, 2.05) is 6.07 Å². The molecule has 0 saturated heterocycles. The molecule has 3 aromatic rings. The van der Waals surface area contributed by atoms with Crippen molar-refractivity contribution < 1.29 is 13.2 Å². The van der Waals surface area contributed by atoms with Crippen molar-refractivity contribution in [2.45, 2.75) is 17.9 Å². The van der Waals surface area contributed by atoms with Crippen LogP contribution in [0.5, 0.6) is 0 Å². The summed E-state index contributed by atoms with van der Waals surface area (Å²) >= 11 is 11.9. The third-order valence-electron chi connectivity index (χ3n) is 4.00. The maximum atomic E-state index is 12.7. The number of amides is 1. The first-order valence-electron chi connectivity index (χ1n) is 8.39. The molecule has 0 fully saturated rings. The molecule has 0 bridgehead atoms. The molecule has 9 nitrogen and oxygen atoms in total. The molecule has 0 aliphatic heterocycles. The largest absolute Gasteiger partial charge is 0.342 e. The molecule has 12 heteroatoms. The Balaban J connectivity index is 1.90. The zero-order valence-corrected chi connectivity index (χ0v) is 18.0. The summed E-state index contributed by atoms with van der Waals surface area (Å²) in [7, 11) is -3.55. The third kappa shape index (κ3) is 4.76. The van der Waals surface area contributed by atoms with Crippen molar-refractivity contribution in [1.29, 1.82) is 5.26 Å². The van der Waals surface area contributed by atoms with Gasteiger partial charge in [0.15, 0.2) is 21.5 Å². The molecule has 154 valence electrons. The van der Waals surface area contributed by atoms with E-state index >= 15 is 0 Å². The van der Waals surface area contributed by atoms with E-state index in [4.69, 9.17) is 28.5 Å². The Labute approximate surface area is 182 Å². The average Bonchev–Trinajstić information content (AvgIpc) is 3.08. The summed E-state index contributed by atoms with van der Waals surface area (Å²) in [5, 5.41) is 15.7. The lowest BCUT2D eigenvalue weighted by atomic mass is 10.2. The molecule has 0 saturated carbocycles. The first-order chi connectivity index (χ1) is 14.1. The number of halogens is 2. The molecule has 0 aliphatic carbocycles.